The van der Waals surface area contributed by atoms with E-state index < -0.39 is 24.3 Å². The molecule has 0 spiro atoms. The molecular weight excluding hydrogens is 257 g/mol. The Kier molecular flexibility index (Phi) is 3.36. The number of carboxylic acid groups (broad SMARTS) is 1. The minimum absolute atomic E-state index is 0.105. The van der Waals surface area contributed by atoms with Gasteiger partial charge < -0.3 is 14.4 Å². The first-order valence-corrected chi connectivity index (χ1v) is 6.31. The Bertz CT molecular complexity index is 588. The minimum Gasteiger partial charge on any atom is -0.478 e. The molecule has 20 heavy (non-hydrogen) atoms. The van der Waals surface area contributed by atoms with E-state index in [-0.39, 0.29) is 5.56 Å². The van der Waals surface area contributed by atoms with Crippen LogP contribution in [-0.4, -0.2) is 29.4 Å². The maximum Gasteiger partial charge on any atom is 0.496 e. The molecule has 0 amide bonds. The van der Waals surface area contributed by atoms with Gasteiger partial charge in [-0.1, -0.05) is 0 Å². The average Bonchev–Trinajstić information content (AvgIpc) is 2.57. The van der Waals surface area contributed by atoms with Crippen molar-refractivity contribution in [1.82, 2.24) is 0 Å². The summed E-state index contributed by atoms with van der Waals surface area (Å²) in [5.41, 5.74) is -0.166. The van der Waals surface area contributed by atoms with Crippen LogP contribution in [0.5, 0.6) is 0 Å². The second-order valence-electron chi connectivity index (χ2n) is 5.81. The first-order chi connectivity index (χ1) is 9.18. The Morgan fingerprint density at radius 2 is 1.80 bits per heavy atom. The zero-order chi connectivity index (χ0) is 15.1. The van der Waals surface area contributed by atoms with E-state index >= 15 is 0 Å². The van der Waals surface area contributed by atoms with E-state index in [1.807, 2.05) is 33.8 Å². The van der Waals surface area contributed by atoms with Gasteiger partial charge in [0.25, 0.3) is 0 Å². The molecule has 1 aromatic carbocycles. The quantitative estimate of drug-likeness (QED) is 0.827. The SMILES string of the molecule is CC1(C)OB(c2cc(C(=O)O)ccc2C#N)OC1(C)C. The van der Waals surface area contributed by atoms with Crippen molar-refractivity contribution in [2.75, 3.05) is 0 Å². The van der Waals surface area contributed by atoms with Gasteiger partial charge in [0.2, 0.25) is 0 Å². The first-order valence-electron chi connectivity index (χ1n) is 6.31. The lowest BCUT2D eigenvalue weighted by Gasteiger charge is -2.32. The van der Waals surface area contributed by atoms with Crippen LogP contribution in [0.4, 0.5) is 0 Å². The number of hydrogen-bond acceptors (Lipinski definition) is 4. The fourth-order valence-electron chi connectivity index (χ4n) is 1.96. The molecule has 5 nitrogen and oxygen atoms in total. The van der Waals surface area contributed by atoms with Crippen LogP contribution in [0.2, 0.25) is 0 Å². The highest BCUT2D eigenvalue weighted by Gasteiger charge is 2.52. The summed E-state index contributed by atoms with van der Waals surface area (Å²) in [7, 11) is -0.742. The molecule has 1 fully saturated rings. The van der Waals surface area contributed by atoms with E-state index in [0.29, 0.717) is 11.0 Å². The summed E-state index contributed by atoms with van der Waals surface area (Å²) in [5.74, 6) is -1.05. The summed E-state index contributed by atoms with van der Waals surface area (Å²) in [5, 5.41) is 18.2. The fraction of sp³-hybridized carbons (Fsp3) is 0.429. The molecule has 0 aliphatic carbocycles. The van der Waals surface area contributed by atoms with E-state index in [9.17, 15) is 4.79 Å². The predicted octanol–water partition coefficient (Wildman–Crippen LogP) is 1.56. The molecule has 2 rings (SSSR count). The van der Waals surface area contributed by atoms with Gasteiger partial charge in [0.1, 0.15) is 0 Å². The van der Waals surface area contributed by atoms with Crippen LogP contribution < -0.4 is 5.46 Å². The molecule has 0 saturated carbocycles. The smallest absolute Gasteiger partial charge is 0.478 e. The first kappa shape index (κ1) is 14.6. The number of hydrogen-bond donors (Lipinski definition) is 1. The van der Waals surface area contributed by atoms with E-state index in [1.54, 1.807) is 0 Å². The highest BCUT2D eigenvalue weighted by atomic mass is 16.7. The predicted molar refractivity (Wildman–Crippen MR) is 73.8 cm³/mol. The van der Waals surface area contributed by atoms with Gasteiger partial charge in [0.05, 0.1) is 28.4 Å². The Morgan fingerprint density at radius 3 is 2.25 bits per heavy atom. The second kappa shape index (κ2) is 4.62. The van der Waals surface area contributed by atoms with Crippen LogP contribution in [0.3, 0.4) is 0 Å². The number of benzene rings is 1. The summed E-state index contributed by atoms with van der Waals surface area (Å²) < 4.78 is 11.7. The molecule has 0 bridgehead atoms. The number of aromatic carboxylic acids is 1. The molecule has 1 saturated heterocycles. The Hall–Kier alpha value is -1.84. The summed E-state index contributed by atoms with van der Waals surface area (Å²) >= 11 is 0. The van der Waals surface area contributed by atoms with Crippen LogP contribution in [0.15, 0.2) is 18.2 Å². The van der Waals surface area contributed by atoms with Crippen LogP contribution in [0.1, 0.15) is 43.6 Å². The molecule has 0 radical (unpaired) electrons. The molecule has 1 aliphatic heterocycles. The highest BCUT2D eigenvalue weighted by molar-refractivity contribution is 6.63. The maximum atomic E-state index is 11.1. The molecule has 1 aromatic rings. The van der Waals surface area contributed by atoms with Gasteiger partial charge in [-0.15, -0.1) is 0 Å². The van der Waals surface area contributed by atoms with Gasteiger partial charge in [-0.25, -0.2) is 4.79 Å². The minimum atomic E-state index is -1.05. The second-order valence-corrected chi connectivity index (χ2v) is 5.81. The zero-order valence-corrected chi connectivity index (χ0v) is 11.9. The summed E-state index contributed by atoms with van der Waals surface area (Å²) in [4.78, 5) is 11.1. The largest absolute Gasteiger partial charge is 0.496 e. The van der Waals surface area contributed by atoms with E-state index in [2.05, 4.69) is 0 Å². The summed E-state index contributed by atoms with van der Waals surface area (Å²) in [6, 6.07) is 6.35. The molecular formula is C14H16BNO4. The van der Waals surface area contributed by atoms with E-state index in [0.717, 1.165) is 0 Å². The van der Waals surface area contributed by atoms with Gasteiger partial charge in [-0.3, -0.25) is 0 Å². The van der Waals surface area contributed by atoms with Crippen molar-refractivity contribution < 1.29 is 19.2 Å². The number of rotatable bonds is 2. The molecule has 6 heteroatoms. The van der Waals surface area contributed by atoms with Crippen molar-refractivity contribution in [3.8, 4) is 6.07 Å². The van der Waals surface area contributed by atoms with Crippen LogP contribution in [0, 0.1) is 11.3 Å². The van der Waals surface area contributed by atoms with Crippen molar-refractivity contribution in [3.05, 3.63) is 29.3 Å². The number of carboxylic acids is 1. The molecule has 0 atom stereocenters. The van der Waals surface area contributed by atoms with Crippen molar-refractivity contribution >= 4 is 18.6 Å². The van der Waals surface area contributed by atoms with Crippen molar-refractivity contribution in [2.45, 2.75) is 38.9 Å². The highest BCUT2D eigenvalue weighted by Crippen LogP contribution is 2.36. The zero-order valence-electron chi connectivity index (χ0n) is 11.9. The van der Waals surface area contributed by atoms with Crippen LogP contribution in [-0.2, 0) is 9.31 Å². The topological polar surface area (TPSA) is 79.5 Å². The van der Waals surface area contributed by atoms with Gasteiger partial charge in [0, 0.05) is 5.46 Å². The van der Waals surface area contributed by atoms with Gasteiger partial charge in [-0.05, 0) is 45.9 Å². The molecule has 1 heterocycles. The Balaban J connectivity index is 2.46. The average molecular weight is 273 g/mol. The summed E-state index contributed by atoms with van der Waals surface area (Å²) in [6.45, 7) is 7.61. The monoisotopic (exact) mass is 273 g/mol. The van der Waals surface area contributed by atoms with Crippen molar-refractivity contribution in [1.29, 1.82) is 5.26 Å². The standard InChI is InChI=1S/C14H16BNO4/c1-13(2)14(3,4)20-15(19-13)11-7-9(12(17)18)5-6-10(11)8-16/h5-7H,1-4H3,(H,17,18). The maximum absolute atomic E-state index is 11.1. The van der Waals surface area contributed by atoms with Crippen LogP contribution >= 0.6 is 0 Å². The van der Waals surface area contributed by atoms with Gasteiger partial charge in [-0.2, -0.15) is 5.26 Å². The third kappa shape index (κ3) is 2.30. The lowest BCUT2D eigenvalue weighted by atomic mass is 9.75. The van der Waals surface area contributed by atoms with Crippen LogP contribution in [0.25, 0.3) is 0 Å². The third-order valence-electron chi connectivity index (χ3n) is 3.93. The molecule has 1 aliphatic rings. The third-order valence-corrected chi connectivity index (χ3v) is 3.93. The van der Waals surface area contributed by atoms with Gasteiger partial charge in [0.15, 0.2) is 0 Å². The Labute approximate surface area is 118 Å². The Morgan fingerprint density at radius 1 is 1.25 bits per heavy atom. The van der Waals surface area contributed by atoms with Gasteiger partial charge >= 0.3 is 13.1 Å². The summed E-state index contributed by atoms with van der Waals surface area (Å²) in [6.07, 6.45) is 0. The molecule has 104 valence electrons. The lowest BCUT2D eigenvalue weighted by molar-refractivity contribution is 0.00578. The normalized spacial score (nSPS) is 19.6. The fourth-order valence-corrected chi connectivity index (χ4v) is 1.96. The number of nitrogens with zero attached hydrogens (tertiary/aromatic N) is 1. The van der Waals surface area contributed by atoms with E-state index in [1.165, 1.54) is 18.2 Å². The van der Waals surface area contributed by atoms with E-state index in [4.69, 9.17) is 19.7 Å². The molecule has 1 N–H and O–H groups in total. The number of carbonyl (C=O) groups is 1. The number of nitriles is 1. The molecule has 0 aromatic heterocycles. The van der Waals surface area contributed by atoms with Crippen molar-refractivity contribution in [2.24, 2.45) is 0 Å². The molecule has 0 unspecified atom stereocenters. The van der Waals surface area contributed by atoms with Crippen molar-refractivity contribution in [3.63, 3.8) is 0 Å². The lowest BCUT2D eigenvalue weighted by Crippen LogP contribution is -2.41.